The third-order valence-corrected chi connectivity index (χ3v) is 3.37. The normalized spacial score (nSPS) is 10.0. The monoisotopic (exact) mass is 325 g/mol. The summed E-state index contributed by atoms with van der Waals surface area (Å²) in [6, 6.07) is 12.1. The Morgan fingerprint density at radius 1 is 1.05 bits per heavy atom. The average molecular weight is 326 g/mol. The molecule has 0 aliphatic rings. The van der Waals surface area contributed by atoms with Crippen LogP contribution in [0.15, 0.2) is 42.5 Å². The van der Waals surface area contributed by atoms with E-state index in [-0.39, 0.29) is 0 Å². The molecule has 1 N–H and O–H groups in total. The second-order valence-corrected chi connectivity index (χ2v) is 4.96. The van der Waals surface area contributed by atoms with Crippen LogP contribution < -0.4 is 14.8 Å². The largest absolute Gasteiger partial charge is 0.489 e. The van der Waals surface area contributed by atoms with Gasteiger partial charge in [-0.25, -0.2) is 4.79 Å². The number of benzene rings is 2. The molecular weight excluding hydrogens is 313 g/mol. The van der Waals surface area contributed by atoms with Crippen molar-refractivity contribution in [3.05, 3.63) is 58.1 Å². The van der Waals surface area contributed by atoms with Gasteiger partial charge in [-0.2, -0.15) is 0 Å². The highest BCUT2D eigenvalue weighted by Gasteiger charge is 2.03. The van der Waals surface area contributed by atoms with Gasteiger partial charge >= 0.3 is 6.09 Å². The summed E-state index contributed by atoms with van der Waals surface area (Å²) in [5.41, 5.74) is 0.912. The van der Waals surface area contributed by atoms with Gasteiger partial charge in [-0.3, -0.25) is 0 Å². The molecule has 0 aromatic heterocycles. The zero-order valence-electron chi connectivity index (χ0n) is 11.2. The van der Waals surface area contributed by atoms with Crippen LogP contribution in [-0.4, -0.2) is 13.1 Å². The smallest absolute Gasteiger partial charge is 0.412 e. The molecule has 0 unspecified atom stereocenters. The number of amides is 1. The van der Waals surface area contributed by atoms with Gasteiger partial charge in [0.15, 0.2) is 0 Å². The fourth-order valence-electron chi connectivity index (χ4n) is 1.56. The second-order valence-electron chi connectivity index (χ2n) is 4.15. The molecule has 0 fully saturated rings. The Bertz CT molecular complexity index is 629. The Morgan fingerprint density at radius 2 is 1.71 bits per heavy atom. The fourth-order valence-corrected chi connectivity index (χ4v) is 1.88. The second kappa shape index (κ2) is 7.20. The van der Waals surface area contributed by atoms with Crippen LogP contribution in [0.2, 0.25) is 10.0 Å². The zero-order chi connectivity index (χ0) is 15.2. The highest BCUT2D eigenvalue weighted by molar-refractivity contribution is 6.42. The summed E-state index contributed by atoms with van der Waals surface area (Å²) in [5.74, 6) is 1.10. The first-order chi connectivity index (χ1) is 10.1. The van der Waals surface area contributed by atoms with E-state index in [1.807, 2.05) is 6.07 Å². The van der Waals surface area contributed by atoms with Crippen molar-refractivity contribution in [2.75, 3.05) is 7.05 Å². The van der Waals surface area contributed by atoms with Crippen LogP contribution in [0.1, 0.15) is 5.56 Å². The zero-order valence-corrected chi connectivity index (χ0v) is 12.7. The predicted molar refractivity (Wildman–Crippen MR) is 82.3 cm³/mol. The molecule has 0 atom stereocenters. The van der Waals surface area contributed by atoms with Crippen LogP contribution in [0.3, 0.4) is 0 Å². The highest BCUT2D eigenvalue weighted by atomic mass is 35.5. The van der Waals surface area contributed by atoms with Crippen molar-refractivity contribution >= 4 is 29.3 Å². The van der Waals surface area contributed by atoms with E-state index in [2.05, 4.69) is 5.32 Å². The van der Waals surface area contributed by atoms with Gasteiger partial charge in [0.05, 0.1) is 10.0 Å². The summed E-state index contributed by atoms with van der Waals surface area (Å²) >= 11 is 11.8. The van der Waals surface area contributed by atoms with E-state index in [1.165, 1.54) is 7.05 Å². The summed E-state index contributed by atoms with van der Waals surface area (Å²) < 4.78 is 10.6. The first-order valence-electron chi connectivity index (χ1n) is 6.15. The lowest BCUT2D eigenvalue weighted by Gasteiger charge is -2.08. The maximum absolute atomic E-state index is 11.0. The molecule has 0 aliphatic heterocycles. The van der Waals surface area contributed by atoms with Crippen molar-refractivity contribution < 1.29 is 14.3 Å². The lowest BCUT2D eigenvalue weighted by molar-refractivity contribution is 0.203. The maximum Gasteiger partial charge on any atom is 0.412 e. The van der Waals surface area contributed by atoms with Crippen LogP contribution in [0, 0.1) is 0 Å². The van der Waals surface area contributed by atoms with E-state index in [4.69, 9.17) is 32.7 Å². The quantitative estimate of drug-likeness (QED) is 0.912. The molecule has 2 rings (SSSR count). The van der Waals surface area contributed by atoms with E-state index in [1.54, 1.807) is 36.4 Å². The van der Waals surface area contributed by atoms with Gasteiger partial charge in [-0.1, -0.05) is 29.3 Å². The number of hydrogen-bond acceptors (Lipinski definition) is 3. The molecule has 0 radical (unpaired) electrons. The van der Waals surface area contributed by atoms with E-state index in [0.29, 0.717) is 28.2 Å². The number of rotatable bonds is 4. The molecule has 0 aliphatic carbocycles. The van der Waals surface area contributed by atoms with Crippen molar-refractivity contribution in [2.24, 2.45) is 0 Å². The van der Waals surface area contributed by atoms with Gasteiger partial charge in [-0.05, 0) is 42.0 Å². The molecule has 2 aromatic rings. The summed E-state index contributed by atoms with van der Waals surface area (Å²) in [5, 5.41) is 3.37. The predicted octanol–water partition coefficient (Wildman–Crippen LogP) is 4.29. The van der Waals surface area contributed by atoms with Crippen molar-refractivity contribution in [1.82, 2.24) is 5.32 Å². The van der Waals surface area contributed by atoms with Crippen LogP contribution in [0.25, 0.3) is 0 Å². The SMILES string of the molecule is CNC(=O)Oc1ccc(OCc2ccc(Cl)c(Cl)c2)cc1. The van der Waals surface area contributed by atoms with E-state index < -0.39 is 6.09 Å². The minimum absolute atomic E-state index is 0.368. The van der Waals surface area contributed by atoms with E-state index >= 15 is 0 Å². The van der Waals surface area contributed by atoms with Crippen LogP contribution in [0.5, 0.6) is 11.5 Å². The molecule has 110 valence electrons. The third kappa shape index (κ3) is 4.55. The third-order valence-electron chi connectivity index (χ3n) is 2.63. The molecular formula is C15H13Cl2NO3. The topological polar surface area (TPSA) is 47.6 Å². The molecule has 1 amide bonds. The number of carbonyl (C=O) groups excluding carboxylic acids is 1. The number of carbonyl (C=O) groups is 1. The Labute approximate surface area is 132 Å². The molecule has 2 aromatic carbocycles. The first-order valence-corrected chi connectivity index (χ1v) is 6.90. The van der Waals surface area contributed by atoms with Crippen molar-refractivity contribution in [2.45, 2.75) is 6.61 Å². The molecule has 0 heterocycles. The summed E-state index contributed by atoms with van der Waals surface area (Å²) in [7, 11) is 1.50. The van der Waals surface area contributed by atoms with Crippen LogP contribution >= 0.6 is 23.2 Å². The summed E-state index contributed by atoms with van der Waals surface area (Å²) in [6.07, 6.45) is -0.514. The highest BCUT2D eigenvalue weighted by Crippen LogP contribution is 2.24. The molecule has 0 spiro atoms. The summed E-state index contributed by atoms with van der Waals surface area (Å²) in [6.45, 7) is 0.368. The van der Waals surface area contributed by atoms with E-state index in [0.717, 1.165) is 5.56 Å². The van der Waals surface area contributed by atoms with Gasteiger partial charge in [0.2, 0.25) is 0 Å². The Kier molecular flexibility index (Phi) is 5.31. The van der Waals surface area contributed by atoms with Gasteiger partial charge in [0.1, 0.15) is 18.1 Å². The number of nitrogens with one attached hydrogen (secondary N) is 1. The molecule has 6 heteroatoms. The van der Waals surface area contributed by atoms with Gasteiger partial charge in [0, 0.05) is 7.05 Å². The Morgan fingerprint density at radius 3 is 2.33 bits per heavy atom. The van der Waals surface area contributed by atoms with Crippen LogP contribution in [-0.2, 0) is 6.61 Å². The molecule has 4 nitrogen and oxygen atoms in total. The van der Waals surface area contributed by atoms with E-state index in [9.17, 15) is 4.79 Å². The average Bonchev–Trinajstić information content (AvgIpc) is 2.50. The minimum Gasteiger partial charge on any atom is -0.489 e. The Balaban J connectivity index is 1.94. The fraction of sp³-hybridized carbons (Fsp3) is 0.133. The number of ether oxygens (including phenoxy) is 2. The molecule has 0 saturated carbocycles. The maximum atomic E-state index is 11.0. The van der Waals surface area contributed by atoms with Crippen LogP contribution in [0.4, 0.5) is 4.79 Å². The van der Waals surface area contributed by atoms with Gasteiger partial charge < -0.3 is 14.8 Å². The Hall–Kier alpha value is -1.91. The molecule has 0 bridgehead atoms. The minimum atomic E-state index is -0.514. The summed E-state index contributed by atoms with van der Waals surface area (Å²) in [4.78, 5) is 11.0. The lowest BCUT2D eigenvalue weighted by atomic mass is 10.2. The lowest BCUT2D eigenvalue weighted by Crippen LogP contribution is -2.21. The molecule has 0 saturated heterocycles. The standard InChI is InChI=1S/C15H13Cl2NO3/c1-18-15(19)21-12-5-3-11(4-6-12)20-9-10-2-7-13(16)14(17)8-10/h2-8H,9H2,1H3,(H,18,19). The number of hydrogen-bond donors (Lipinski definition) is 1. The first kappa shape index (κ1) is 15.5. The van der Waals surface area contributed by atoms with Gasteiger partial charge in [0.25, 0.3) is 0 Å². The van der Waals surface area contributed by atoms with Crippen molar-refractivity contribution in [1.29, 1.82) is 0 Å². The number of halogens is 2. The van der Waals surface area contributed by atoms with Crippen molar-refractivity contribution in [3.8, 4) is 11.5 Å². The molecule has 21 heavy (non-hydrogen) atoms. The van der Waals surface area contributed by atoms with Gasteiger partial charge in [-0.15, -0.1) is 0 Å². The van der Waals surface area contributed by atoms with Crippen molar-refractivity contribution in [3.63, 3.8) is 0 Å².